The molecule has 3 rings (SSSR count). The van der Waals surface area contributed by atoms with Crippen LogP contribution in [0.5, 0.6) is 5.75 Å². The molecule has 1 aliphatic carbocycles. The van der Waals surface area contributed by atoms with E-state index in [4.69, 9.17) is 5.84 Å². The molecule has 2 aromatic rings. The third-order valence-electron chi connectivity index (χ3n) is 4.94. The van der Waals surface area contributed by atoms with Gasteiger partial charge in [0, 0.05) is 12.1 Å². The highest BCUT2D eigenvalue weighted by molar-refractivity contribution is 8.00. The van der Waals surface area contributed by atoms with E-state index in [-0.39, 0.29) is 16.9 Å². The monoisotopic (exact) mass is 425 g/mol. The molecular weight excluding hydrogens is 400 g/mol. The number of thioether (sulfide) groups is 1. The van der Waals surface area contributed by atoms with E-state index in [1.54, 1.807) is 19.1 Å². The Balaban J connectivity index is 1.57. The van der Waals surface area contributed by atoms with Crippen LogP contribution in [0, 0.1) is 5.92 Å². The number of ether oxygens (including phenoxy) is 1. The minimum absolute atomic E-state index is 0.0460. The largest absolute Gasteiger partial charge is 0.435 e. The Morgan fingerprint density at radius 3 is 2.62 bits per heavy atom. The first-order valence-corrected chi connectivity index (χ1v) is 10.5. The Bertz CT molecular complexity index is 809. The predicted molar refractivity (Wildman–Crippen MR) is 107 cm³/mol. The van der Waals surface area contributed by atoms with Crippen LogP contribution >= 0.6 is 11.8 Å². The van der Waals surface area contributed by atoms with Crippen molar-refractivity contribution in [1.29, 1.82) is 0 Å². The number of carbonyl (C=O) groups excluding carboxylic acids is 1. The summed E-state index contributed by atoms with van der Waals surface area (Å²) in [6.45, 7) is -0.379. The molecule has 10 heteroatoms. The lowest BCUT2D eigenvalue weighted by atomic mass is 9.89. The molecule has 1 aliphatic rings. The first kappa shape index (κ1) is 21.4. The average Bonchev–Trinajstić information content (AvgIpc) is 3.07. The van der Waals surface area contributed by atoms with E-state index in [2.05, 4.69) is 20.3 Å². The maximum absolute atomic E-state index is 12.4. The third kappa shape index (κ3) is 5.81. The van der Waals surface area contributed by atoms with Gasteiger partial charge in [-0.1, -0.05) is 31.0 Å². The molecule has 1 amide bonds. The summed E-state index contributed by atoms with van der Waals surface area (Å²) in [4.78, 5) is 12.4. The second-order valence-electron chi connectivity index (χ2n) is 7.09. The van der Waals surface area contributed by atoms with Crippen molar-refractivity contribution in [1.82, 2.24) is 20.2 Å². The molecule has 0 saturated heterocycles. The zero-order chi connectivity index (χ0) is 20.8. The van der Waals surface area contributed by atoms with E-state index in [1.807, 2.05) is 0 Å². The average molecular weight is 426 g/mol. The molecule has 0 aliphatic heterocycles. The number of rotatable bonds is 8. The van der Waals surface area contributed by atoms with E-state index < -0.39 is 6.61 Å². The van der Waals surface area contributed by atoms with Gasteiger partial charge >= 0.3 is 6.61 Å². The van der Waals surface area contributed by atoms with Gasteiger partial charge < -0.3 is 15.9 Å². The number of hydrogen-bond acceptors (Lipinski definition) is 6. The molecular formula is C19H25F2N5O2S. The van der Waals surface area contributed by atoms with Crippen molar-refractivity contribution in [3.05, 3.63) is 24.3 Å². The van der Waals surface area contributed by atoms with E-state index in [1.165, 1.54) is 60.7 Å². The van der Waals surface area contributed by atoms with Crippen molar-refractivity contribution in [2.45, 2.75) is 56.0 Å². The molecule has 158 valence electrons. The van der Waals surface area contributed by atoms with Gasteiger partial charge in [0.05, 0.1) is 5.25 Å². The number of nitrogens with one attached hydrogen (secondary N) is 1. The van der Waals surface area contributed by atoms with E-state index in [0.717, 1.165) is 0 Å². The van der Waals surface area contributed by atoms with Crippen LogP contribution in [0.3, 0.4) is 0 Å². The van der Waals surface area contributed by atoms with Crippen molar-refractivity contribution < 1.29 is 18.3 Å². The summed E-state index contributed by atoms with van der Waals surface area (Å²) in [6.07, 6.45) is 6.10. The topological polar surface area (TPSA) is 95.1 Å². The second kappa shape index (κ2) is 9.91. The summed E-state index contributed by atoms with van der Waals surface area (Å²) in [6, 6.07) is 5.95. The summed E-state index contributed by atoms with van der Waals surface area (Å²) < 4.78 is 30.1. The van der Waals surface area contributed by atoms with Gasteiger partial charge in [0.25, 0.3) is 0 Å². The number of nitrogens with zero attached hydrogens (tertiary/aromatic N) is 3. The van der Waals surface area contributed by atoms with Crippen molar-refractivity contribution in [2.75, 3.05) is 12.4 Å². The van der Waals surface area contributed by atoms with Crippen LogP contribution in [-0.4, -0.2) is 39.2 Å². The van der Waals surface area contributed by atoms with Crippen LogP contribution in [-0.2, 0) is 4.79 Å². The molecule has 1 saturated carbocycles. The van der Waals surface area contributed by atoms with Crippen LogP contribution < -0.4 is 15.9 Å². The smallest absolute Gasteiger partial charge is 0.387 e. The van der Waals surface area contributed by atoms with Crippen molar-refractivity contribution in [3.8, 4) is 17.1 Å². The SMILES string of the molecule is CC(Sc1nnc(-c2ccc(OC(F)F)cc2)n1N)C(=O)NCC1CCCCC1. The first-order chi connectivity index (χ1) is 13.9. The molecule has 1 atom stereocenters. The molecule has 1 fully saturated rings. The normalized spacial score (nSPS) is 16.0. The molecule has 1 aromatic heterocycles. The molecule has 0 bridgehead atoms. The summed E-state index contributed by atoms with van der Waals surface area (Å²) in [7, 11) is 0. The Morgan fingerprint density at radius 2 is 1.97 bits per heavy atom. The molecule has 1 aromatic carbocycles. The summed E-state index contributed by atoms with van der Waals surface area (Å²) in [5.41, 5.74) is 0.600. The fourth-order valence-corrected chi connectivity index (χ4v) is 4.13. The van der Waals surface area contributed by atoms with Gasteiger partial charge in [-0.3, -0.25) is 4.79 Å². The van der Waals surface area contributed by atoms with Gasteiger partial charge in [-0.25, -0.2) is 4.68 Å². The van der Waals surface area contributed by atoms with Gasteiger partial charge in [-0.2, -0.15) is 8.78 Å². The van der Waals surface area contributed by atoms with Crippen LogP contribution in [0.2, 0.25) is 0 Å². The van der Waals surface area contributed by atoms with Crippen LogP contribution in [0.1, 0.15) is 39.0 Å². The summed E-state index contributed by atoms with van der Waals surface area (Å²) in [5, 5.41) is 11.1. The Morgan fingerprint density at radius 1 is 1.28 bits per heavy atom. The fraction of sp³-hybridized carbons (Fsp3) is 0.526. The lowest BCUT2D eigenvalue weighted by Crippen LogP contribution is -2.35. The first-order valence-electron chi connectivity index (χ1n) is 9.64. The Labute approximate surface area is 172 Å². The quantitative estimate of drug-likeness (QED) is 0.497. The van der Waals surface area contributed by atoms with Crippen LogP contribution in [0.25, 0.3) is 11.4 Å². The highest BCUT2D eigenvalue weighted by Gasteiger charge is 2.21. The lowest BCUT2D eigenvalue weighted by Gasteiger charge is -2.22. The maximum atomic E-state index is 12.4. The number of nitrogens with two attached hydrogens (primary N) is 1. The highest BCUT2D eigenvalue weighted by atomic mass is 32.2. The molecule has 0 spiro atoms. The second-order valence-corrected chi connectivity index (χ2v) is 8.40. The minimum Gasteiger partial charge on any atom is -0.435 e. The highest BCUT2D eigenvalue weighted by Crippen LogP contribution is 2.27. The van der Waals surface area contributed by atoms with Crippen LogP contribution in [0.15, 0.2) is 29.4 Å². The Hall–Kier alpha value is -2.36. The van der Waals surface area contributed by atoms with Crippen LogP contribution in [0.4, 0.5) is 8.78 Å². The van der Waals surface area contributed by atoms with Crippen molar-refractivity contribution in [2.24, 2.45) is 5.92 Å². The fourth-order valence-electron chi connectivity index (χ4n) is 3.33. The predicted octanol–water partition coefficient (Wildman–Crippen LogP) is 3.44. The molecule has 1 unspecified atom stereocenters. The zero-order valence-electron chi connectivity index (χ0n) is 16.2. The van der Waals surface area contributed by atoms with E-state index in [0.29, 0.717) is 29.0 Å². The number of benzene rings is 1. The summed E-state index contributed by atoms with van der Waals surface area (Å²) >= 11 is 1.22. The molecule has 1 heterocycles. The molecule has 0 radical (unpaired) electrons. The number of nitrogen functional groups attached to an aromatic ring is 1. The zero-order valence-corrected chi connectivity index (χ0v) is 17.0. The number of halogens is 2. The standard InChI is InChI=1S/C19H25F2N5O2S/c1-12(17(27)23-11-13-5-3-2-4-6-13)29-19-25-24-16(26(19)22)14-7-9-15(10-8-14)28-18(20)21/h7-10,12-13,18H,2-6,11,22H2,1H3,(H,23,27). The number of hydrogen-bond donors (Lipinski definition) is 2. The number of alkyl halides is 2. The number of carbonyl (C=O) groups is 1. The summed E-state index contributed by atoms with van der Waals surface area (Å²) in [5.74, 6) is 7.00. The minimum atomic E-state index is -2.88. The molecule has 7 nitrogen and oxygen atoms in total. The van der Waals surface area contributed by atoms with Gasteiger partial charge in [0.2, 0.25) is 11.1 Å². The third-order valence-corrected chi connectivity index (χ3v) is 6.00. The van der Waals surface area contributed by atoms with Gasteiger partial charge in [0.1, 0.15) is 5.75 Å². The van der Waals surface area contributed by atoms with Crippen molar-refractivity contribution >= 4 is 17.7 Å². The van der Waals surface area contributed by atoms with Crippen molar-refractivity contribution in [3.63, 3.8) is 0 Å². The Kier molecular flexibility index (Phi) is 7.29. The number of amides is 1. The van der Waals surface area contributed by atoms with Gasteiger partial charge in [0.15, 0.2) is 5.82 Å². The number of aromatic nitrogens is 3. The van der Waals surface area contributed by atoms with Gasteiger partial charge in [-0.05, 0) is 49.9 Å². The van der Waals surface area contributed by atoms with E-state index in [9.17, 15) is 13.6 Å². The maximum Gasteiger partial charge on any atom is 0.387 e. The lowest BCUT2D eigenvalue weighted by molar-refractivity contribution is -0.120. The van der Waals surface area contributed by atoms with E-state index >= 15 is 0 Å². The van der Waals surface area contributed by atoms with Gasteiger partial charge in [-0.15, -0.1) is 10.2 Å². The molecule has 3 N–H and O–H groups in total. The molecule has 29 heavy (non-hydrogen) atoms.